The maximum atomic E-state index is 13.1. The Morgan fingerprint density at radius 1 is 0.973 bits per heavy atom. The van der Waals surface area contributed by atoms with Gasteiger partial charge in [0.2, 0.25) is 17.7 Å². The van der Waals surface area contributed by atoms with E-state index in [1.807, 2.05) is 13.8 Å². The first-order chi connectivity index (χ1) is 17.4. The zero-order valence-corrected chi connectivity index (χ0v) is 22.1. The minimum absolute atomic E-state index is 0.0352. The van der Waals surface area contributed by atoms with Gasteiger partial charge in [0.15, 0.2) is 5.96 Å². The number of hydrogen-bond acceptors (Lipinski definition) is 7. The molecular formula is C24H39N7O5S. The normalized spacial score (nSPS) is 14.1. The van der Waals surface area contributed by atoms with Crippen LogP contribution < -0.4 is 32.7 Å². The van der Waals surface area contributed by atoms with E-state index in [0.717, 1.165) is 5.56 Å². The molecule has 10 N–H and O–H groups in total. The monoisotopic (exact) mass is 537 g/mol. The fraction of sp³-hybridized carbons (Fsp3) is 0.542. The van der Waals surface area contributed by atoms with Gasteiger partial charge in [0.05, 0.1) is 6.04 Å². The molecule has 3 amide bonds. The molecule has 0 bridgehead atoms. The Bertz CT molecular complexity index is 916. The third-order valence-corrected chi connectivity index (χ3v) is 5.76. The lowest BCUT2D eigenvalue weighted by Crippen LogP contribution is -2.58. The molecule has 0 aliphatic rings. The highest BCUT2D eigenvalue weighted by molar-refractivity contribution is 7.80. The summed E-state index contributed by atoms with van der Waals surface area (Å²) in [5.74, 6) is -3.16. The molecule has 0 radical (unpaired) electrons. The van der Waals surface area contributed by atoms with Crippen molar-refractivity contribution in [2.45, 2.75) is 63.7 Å². The molecule has 0 aliphatic carbocycles. The molecule has 0 saturated heterocycles. The molecular weight excluding hydrogens is 498 g/mol. The van der Waals surface area contributed by atoms with Gasteiger partial charge in [0.1, 0.15) is 18.1 Å². The maximum absolute atomic E-state index is 13.1. The SMILES string of the molecule is CC(C)C[C@H](N)C(=O)N[C@@H](CS)C(=O)N[C@@H](Cc1ccccc1)C(=O)N[C@@H](CCCNC(=N)N)C(=O)O. The van der Waals surface area contributed by atoms with Gasteiger partial charge in [0.25, 0.3) is 0 Å². The topological polar surface area (TPSA) is 213 Å². The minimum Gasteiger partial charge on any atom is -0.480 e. The molecule has 13 heteroatoms. The number of aliphatic carboxylic acids is 1. The lowest BCUT2D eigenvalue weighted by atomic mass is 10.0. The number of thiol groups is 1. The van der Waals surface area contributed by atoms with Gasteiger partial charge in [0, 0.05) is 18.7 Å². The van der Waals surface area contributed by atoms with Crippen molar-refractivity contribution in [1.29, 1.82) is 5.41 Å². The lowest BCUT2D eigenvalue weighted by Gasteiger charge is -2.25. The second kappa shape index (κ2) is 16.4. The largest absolute Gasteiger partial charge is 0.480 e. The van der Waals surface area contributed by atoms with Crippen molar-refractivity contribution in [3.05, 3.63) is 35.9 Å². The molecule has 0 saturated carbocycles. The van der Waals surface area contributed by atoms with Gasteiger partial charge in [-0.05, 0) is 30.7 Å². The summed E-state index contributed by atoms with van der Waals surface area (Å²) in [4.78, 5) is 50.3. The number of carboxylic acid groups (broad SMARTS) is 1. The van der Waals surface area contributed by atoms with Crippen LogP contribution in [0, 0.1) is 11.3 Å². The number of carboxylic acids is 1. The number of hydrogen-bond donors (Lipinski definition) is 9. The number of carbonyl (C=O) groups is 4. The van der Waals surface area contributed by atoms with E-state index in [9.17, 15) is 24.3 Å². The number of rotatable bonds is 16. The van der Waals surface area contributed by atoms with Crippen molar-refractivity contribution in [3.8, 4) is 0 Å². The summed E-state index contributed by atoms with van der Waals surface area (Å²) in [6.45, 7) is 4.11. The fourth-order valence-corrected chi connectivity index (χ4v) is 3.74. The first kappa shape index (κ1) is 31.7. The zero-order chi connectivity index (χ0) is 28.0. The average molecular weight is 538 g/mol. The van der Waals surface area contributed by atoms with Crippen molar-refractivity contribution in [1.82, 2.24) is 21.3 Å². The zero-order valence-electron chi connectivity index (χ0n) is 21.2. The Hall–Kier alpha value is -3.32. The molecule has 12 nitrogen and oxygen atoms in total. The quantitative estimate of drug-likeness (QED) is 0.0570. The number of nitrogens with two attached hydrogens (primary N) is 2. The van der Waals surface area contributed by atoms with Crippen LogP contribution in [-0.4, -0.2) is 71.2 Å². The highest BCUT2D eigenvalue weighted by Crippen LogP contribution is 2.07. The van der Waals surface area contributed by atoms with Gasteiger partial charge in [-0.1, -0.05) is 44.2 Å². The molecule has 1 aromatic carbocycles. The van der Waals surface area contributed by atoms with E-state index in [1.165, 1.54) is 0 Å². The van der Waals surface area contributed by atoms with E-state index in [2.05, 4.69) is 33.9 Å². The maximum Gasteiger partial charge on any atom is 0.326 e. The minimum atomic E-state index is -1.24. The Balaban J connectivity index is 2.96. The summed E-state index contributed by atoms with van der Waals surface area (Å²) in [5, 5.41) is 27.0. The Morgan fingerprint density at radius 3 is 2.08 bits per heavy atom. The van der Waals surface area contributed by atoms with E-state index >= 15 is 0 Å². The van der Waals surface area contributed by atoms with Crippen LogP contribution in [0.3, 0.4) is 0 Å². The predicted molar refractivity (Wildman–Crippen MR) is 144 cm³/mol. The first-order valence-electron chi connectivity index (χ1n) is 12.1. The smallest absolute Gasteiger partial charge is 0.326 e. The summed E-state index contributed by atoms with van der Waals surface area (Å²) in [6.07, 6.45) is 0.939. The molecule has 0 heterocycles. The number of guanidine groups is 1. The molecule has 1 rings (SSSR count). The van der Waals surface area contributed by atoms with Gasteiger partial charge >= 0.3 is 5.97 Å². The third kappa shape index (κ3) is 12.5. The Labute approximate surface area is 222 Å². The van der Waals surface area contributed by atoms with Crippen molar-refractivity contribution in [2.24, 2.45) is 17.4 Å². The van der Waals surface area contributed by atoms with E-state index < -0.39 is 47.9 Å². The summed E-state index contributed by atoms with van der Waals surface area (Å²) < 4.78 is 0. The number of nitrogens with one attached hydrogen (secondary N) is 5. The van der Waals surface area contributed by atoms with Gasteiger partial charge < -0.3 is 37.8 Å². The van der Waals surface area contributed by atoms with Crippen LogP contribution >= 0.6 is 12.6 Å². The number of amides is 3. The molecule has 206 valence electrons. The molecule has 0 fully saturated rings. The highest BCUT2D eigenvalue weighted by atomic mass is 32.1. The van der Waals surface area contributed by atoms with E-state index in [-0.39, 0.29) is 37.0 Å². The van der Waals surface area contributed by atoms with Crippen LogP contribution in [-0.2, 0) is 25.6 Å². The Kier molecular flexibility index (Phi) is 14.1. The van der Waals surface area contributed by atoms with Crippen molar-refractivity contribution >= 4 is 42.3 Å². The van der Waals surface area contributed by atoms with Gasteiger partial charge in [-0.25, -0.2) is 4.79 Å². The summed E-state index contributed by atoms with van der Waals surface area (Å²) in [5.41, 5.74) is 11.9. The van der Waals surface area contributed by atoms with Crippen molar-refractivity contribution in [2.75, 3.05) is 12.3 Å². The van der Waals surface area contributed by atoms with Crippen LogP contribution in [0.4, 0.5) is 0 Å². The molecule has 0 unspecified atom stereocenters. The molecule has 4 atom stereocenters. The predicted octanol–water partition coefficient (Wildman–Crippen LogP) is -0.665. The third-order valence-electron chi connectivity index (χ3n) is 5.39. The number of benzene rings is 1. The van der Waals surface area contributed by atoms with Crippen LogP contribution in [0.25, 0.3) is 0 Å². The Morgan fingerprint density at radius 2 is 1.54 bits per heavy atom. The molecule has 1 aromatic rings. The van der Waals surface area contributed by atoms with Crippen LogP contribution in [0.2, 0.25) is 0 Å². The molecule has 0 aromatic heterocycles. The summed E-state index contributed by atoms with van der Waals surface area (Å²) in [6, 6.07) is 4.73. The van der Waals surface area contributed by atoms with Crippen LogP contribution in [0.15, 0.2) is 30.3 Å². The van der Waals surface area contributed by atoms with Crippen molar-refractivity contribution < 1.29 is 24.3 Å². The van der Waals surface area contributed by atoms with Gasteiger partial charge in [-0.3, -0.25) is 19.8 Å². The van der Waals surface area contributed by atoms with Crippen molar-refractivity contribution in [3.63, 3.8) is 0 Å². The molecule has 37 heavy (non-hydrogen) atoms. The van der Waals surface area contributed by atoms with Crippen LogP contribution in [0.5, 0.6) is 0 Å². The number of carbonyl (C=O) groups excluding carboxylic acids is 3. The lowest BCUT2D eigenvalue weighted by molar-refractivity contribution is -0.142. The van der Waals surface area contributed by atoms with Gasteiger partial charge in [-0.15, -0.1) is 0 Å². The molecule has 0 spiro atoms. The first-order valence-corrected chi connectivity index (χ1v) is 12.7. The van der Waals surface area contributed by atoms with Crippen LogP contribution in [0.1, 0.15) is 38.7 Å². The second-order valence-electron chi connectivity index (χ2n) is 9.11. The van der Waals surface area contributed by atoms with E-state index in [1.54, 1.807) is 30.3 Å². The summed E-state index contributed by atoms with van der Waals surface area (Å²) >= 11 is 4.16. The molecule has 0 aliphatic heterocycles. The summed E-state index contributed by atoms with van der Waals surface area (Å²) in [7, 11) is 0. The van der Waals surface area contributed by atoms with E-state index in [0.29, 0.717) is 12.8 Å². The van der Waals surface area contributed by atoms with E-state index in [4.69, 9.17) is 16.9 Å². The second-order valence-corrected chi connectivity index (χ2v) is 9.48. The fourth-order valence-electron chi connectivity index (χ4n) is 3.48. The standard InChI is InChI=1S/C24H39N7O5S/c1-14(2)11-16(25)20(32)31-19(13-37)22(34)30-18(12-15-7-4-3-5-8-15)21(33)29-17(23(35)36)9-6-10-28-24(26)27/h3-5,7-8,14,16-19,37H,6,9-13,25H2,1-2H3,(H,29,33)(H,30,34)(H,31,32)(H,35,36)(H4,26,27,28)/t16-,17-,18-,19-/m0/s1. The van der Waals surface area contributed by atoms with Gasteiger partial charge in [-0.2, -0.15) is 12.6 Å². The highest BCUT2D eigenvalue weighted by Gasteiger charge is 2.30. The average Bonchev–Trinajstić information content (AvgIpc) is 2.83.